The minimum absolute atomic E-state index is 0.0802. The van der Waals surface area contributed by atoms with Crippen LogP contribution in [0.5, 0.6) is 0 Å². The van der Waals surface area contributed by atoms with Crippen LogP contribution in [0.3, 0.4) is 0 Å². The predicted octanol–water partition coefficient (Wildman–Crippen LogP) is 2.19. The molecule has 0 saturated heterocycles. The van der Waals surface area contributed by atoms with E-state index >= 15 is 0 Å². The molecule has 8 heteroatoms. The quantitative estimate of drug-likeness (QED) is 0.696. The van der Waals surface area contributed by atoms with Crippen molar-refractivity contribution in [2.45, 2.75) is 25.8 Å². The summed E-state index contributed by atoms with van der Waals surface area (Å²) in [6.07, 6.45) is 3.54. The van der Waals surface area contributed by atoms with Gasteiger partial charge in [0.05, 0.1) is 10.2 Å². The summed E-state index contributed by atoms with van der Waals surface area (Å²) in [4.78, 5) is 26.7. The number of thiazole rings is 1. The predicted molar refractivity (Wildman–Crippen MR) is 112 cm³/mol. The molecule has 1 aliphatic carbocycles. The van der Waals surface area contributed by atoms with Gasteiger partial charge in [0.1, 0.15) is 16.5 Å². The van der Waals surface area contributed by atoms with Crippen LogP contribution < -0.4 is 20.1 Å². The van der Waals surface area contributed by atoms with Crippen LogP contribution in [0.25, 0.3) is 17.3 Å². The minimum Gasteiger partial charge on any atom is -0.349 e. The lowest BCUT2D eigenvalue weighted by Crippen LogP contribution is -2.34. The van der Waals surface area contributed by atoms with E-state index < -0.39 is 11.7 Å². The number of thiophene rings is 1. The number of aromatic nitrogens is 1. The van der Waals surface area contributed by atoms with E-state index in [1.54, 1.807) is 6.08 Å². The van der Waals surface area contributed by atoms with Crippen LogP contribution in [0.15, 0.2) is 40.5 Å². The highest BCUT2D eigenvalue weighted by Crippen LogP contribution is 2.19. The molecule has 2 heterocycles. The Balaban J connectivity index is 2.00. The Morgan fingerprint density at radius 3 is 2.62 bits per heavy atom. The lowest BCUT2D eigenvalue weighted by Gasteiger charge is -2.04. The fraction of sp³-hybridized carbons (Fsp3) is 0.190. The van der Waals surface area contributed by atoms with Crippen LogP contribution in [0.2, 0.25) is 0 Å². The molecule has 1 N–H and O–H groups in total. The van der Waals surface area contributed by atoms with E-state index in [-0.39, 0.29) is 21.8 Å². The zero-order valence-electron chi connectivity index (χ0n) is 15.4. The number of carbonyl (C=O) groups excluding carboxylic acids is 1. The number of benzene rings is 1. The highest BCUT2D eigenvalue weighted by molar-refractivity contribution is 7.11. The first-order valence-corrected chi connectivity index (χ1v) is 10.7. The summed E-state index contributed by atoms with van der Waals surface area (Å²) in [5.41, 5.74) is 0.966. The van der Waals surface area contributed by atoms with Gasteiger partial charge in [0.15, 0.2) is 5.57 Å². The highest BCUT2D eigenvalue weighted by atomic mass is 32.1. The van der Waals surface area contributed by atoms with Gasteiger partial charge < -0.3 is 5.32 Å². The topological polar surface area (TPSA) is 74.9 Å². The van der Waals surface area contributed by atoms with E-state index in [0.717, 1.165) is 34.6 Å². The maximum Gasteiger partial charge on any atom is 0.273 e. The van der Waals surface area contributed by atoms with Crippen molar-refractivity contribution in [3.8, 4) is 11.8 Å². The third-order valence-corrected chi connectivity index (χ3v) is 6.60. The smallest absolute Gasteiger partial charge is 0.273 e. The average Bonchev–Trinajstić information content (AvgIpc) is 3.34. The molecule has 0 atom stereocenters. The monoisotopic (exact) mass is 425 g/mol. The Kier molecular flexibility index (Phi) is 5.18. The number of rotatable bonds is 4. The van der Waals surface area contributed by atoms with Crippen molar-refractivity contribution in [3.05, 3.63) is 71.5 Å². The van der Waals surface area contributed by atoms with Gasteiger partial charge in [-0.1, -0.05) is 0 Å². The Morgan fingerprint density at radius 2 is 2.03 bits per heavy atom. The molecule has 1 saturated carbocycles. The fourth-order valence-electron chi connectivity index (χ4n) is 2.81. The first-order valence-electron chi connectivity index (χ1n) is 8.97. The zero-order chi connectivity index (χ0) is 20.5. The van der Waals surface area contributed by atoms with Crippen LogP contribution in [-0.4, -0.2) is 16.5 Å². The summed E-state index contributed by atoms with van der Waals surface area (Å²) in [5.74, 6) is -0.929. The first kappa shape index (κ1) is 19.3. The molecule has 1 aliphatic rings. The van der Waals surface area contributed by atoms with Crippen LogP contribution in [0, 0.1) is 24.1 Å². The van der Waals surface area contributed by atoms with Gasteiger partial charge in [0, 0.05) is 10.9 Å². The van der Waals surface area contributed by atoms with E-state index in [2.05, 4.69) is 5.32 Å². The number of carbonyl (C=O) groups is 1. The third-order valence-electron chi connectivity index (χ3n) is 4.54. The molecule has 3 aromatic rings. The van der Waals surface area contributed by atoms with E-state index in [1.165, 1.54) is 40.2 Å². The lowest BCUT2D eigenvalue weighted by atomic mass is 10.2. The van der Waals surface area contributed by atoms with E-state index in [1.807, 2.05) is 24.4 Å². The molecule has 146 valence electrons. The van der Waals surface area contributed by atoms with Crippen LogP contribution in [-0.2, 0) is 4.79 Å². The third kappa shape index (κ3) is 3.92. The SMILES string of the molecule is Cc1ccsc1C=c1sc(=C(C#N)C(=O)NC2CC2)n(-c2ccc(F)cc2)c1=O. The first-order chi connectivity index (χ1) is 14.0. The number of aryl methyl sites for hydroxylation is 1. The van der Waals surface area contributed by atoms with Gasteiger partial charge >= 0.3 is 0 Å². The average molecular weight is 426 g/mol. The maximum atomic E-state index is 13.4. The van der Waals surface area contributed by atoms with Crippen molar-refractivity contribution in [1.29, 1.82) is 5.26 Å². The number of nitrogens with zero attached hydrogens (tertiary/aromatic N) is 2. The van der Waals surface area contributed by atoms with Gasteiger partial charge in [-0.15, -0.1) is 22.7 Å². The fourth-order valence-corrected chi connectivity index (χ4v) is 4.82. The van der Waals surface area contributed by atoms with Gasteiger partial charge in [0.25, 0.3) is 11.5 Å². The van der Waals surface area contributed by atoms with Gasteiger partial charge in [-0.3, -0.25) is 14.2 Å². The number of halogens is 1. The van der Waals surface area contributed by atoms with Crippen molar-refractivity contribution in [3.63, 3.8) is 0 Å². The number of nitrogens with one attached hydrogen (secondary N) is 1. The summed E-state index contributed by atoms with van der Waals surface area (Å²) in [6, 6.07) is 9.39. The number of hydrogen-bond donors (Lipinski definition) is 1. The van der Waals surface area contributed by atoms with Crippen molar-refractivity contribution in [2.75, 3.05) is 0 Å². The summed E-state index contributed by atoms with van der Waals surface area (Å²) in [6.45, 7) is 1.95. The Labute approximate surface area is 173 Å². The molecule has 1 fully saturated rings. The molecule has 29 heavy (non-hydrogen) atoms. The minimum atomic E-state index is -0.494. The van der Waals surface area contributed by atoms with Crippen LogP contribution in [0.1, 0.15) is 23.3 Å². The number of nitriles is 1. The Hall–Kier alpha value is -3.02. The summed E-state index contributed by atoms with van der Waals surface area (Å²) < 4.78 is 15.3. The van der Waals surface area contributed by atoms with Crippen LogP contribution >= 0.6 is 22.7 Å². The Morgan fingerprint density at radius 1 is 1.31 bits per heavy atom. The molecule has 1 amide bonds. The summed E-state index contributed by atoms with van der Waals surface area (Å²) in [7, 11) is 0. The largest absolute Gasteiger partial charge is 0.349 e. The molecule has 0 radical (unpaired) electrons. The molecule has 0 bridgehead atoms. The molecule has 0 aliphatic heterocycles. The normalized spacial score (nSPS) is 15.1. The standard InChI is InChI=1S/C21H16FN3O2S2/c1-12-8-9-28-17(12)10-18-20(27)25(15-6-2-13(22)3-7-15)21(29-18)16(11-23)19(26)24-14-4-5-14/h2-3,6-10,14H,4-5H2,1H3,(H,24,26). The maximum absolute atomic E-state index is 13.4. The number of hydrogen-bond acceptors (Lipinski definition) is 5. The zero-order valence-corrected chi connectivity index (χ0v) is 17.1. The van der Waals surface area contributed by atoms with E-state index in [9.17, 15) is 19.2 Å². The molecule has 4 rings (SSSR count). The van der Waals surface area contributed by atoms with Crippen LogP contribution in [0.4, 0.5) is 4.39 Å². The molecule has 0 unspecified atom stereocenters. The highest BCUT2D eigenvalue weighted by Gasteiger charge is 2.26. The van der Waals surface area contributed by atoms with Crippen molar-refractivity contribution in [1.82, 2.24) is 9.88 Å². The molecule has 0 spiro atoms. The second-order valence-electron chi connectivity index (χ2n) is 6.74. The molecule has 2 aromatic heterocycles. The Bertz CT molecular complexity index is 1310. The van der Waals surface area contributed by atoms with Gasteiger partial charge in [-0.05, 0) is 67.1 Å². The van der Waals surface area contributed by atoms with E-state index in [0.29, 0.717) is 10.2 Å². The number of amides is 1. The van der Waals surface area contributed by atoms with Crippen molar-refractivity contribution in [2.24, 2.45) is 0 Å². The molecular weight excluding hydrogens is 409 g/mol. The summed E-state index contributed by atoms with van der Waals surface area (Å²) in [5, 5.41) is 14.4. The second-order valence-corrected chi connectivity index (χ2v) is 8.71. The van der Waals surface area contributed by atoms with Gasteiger partial charge in [-0.2, -0.15) is 5.26 Å². The van der Waals surface area contributed by atoms with E-state index in [4.69, 9.17) is 0 Å². The van der Waals surface area contributed by atoms with Gasteiger partial charge in [0.2, 0.25) is 0 Å². The molecule has 5 nitrogen and oxygen atoms in total. The summed E-state index contributed by atoms with van der Waals surface area (Å²) >= 11 is 2.59. The second kappa shape index (κ2) is 7.78. The molecular formula is C21H16FN3O2S2. The van der Waals surface area contributed by atoms with Gasteiger partial charge in [-0.25, -0.2) is 4.39 Å². The van der Waals surface area contributed by atoms with Crippen molar-refractivity contribution >= 4 is 40.2 Å². The molecule has 1 aromatic carbocycles. The van der Waals surface area contributed by atoms with Crippen molar-refractivity contribution < 1.29 is 9.18 Å². The lowest BCUT2D eigenvalue weighted by molar-refractivity contribution is -0.115.